The summed E-state index contributed by atoms with van der Waals surface area (Å²) in [5.74, 6) is -1.40. The summed E-state index contributed by atoms with van der Waals surface area (Å²) in [7, 11) is 0. The quantitative estimate of drug-likeness (QED) is 0.330. The van der Waals surface area contributed by atoms with Crippen molar-refractivity contribution in [3.05, 3.63) is 106 Å². The highest BCUT2D eigenvalue weighted by atomic mass is 32.2. The van der Waals surface area contributed by atoms with Gasteiger partial charge in [0.25, 0.3) is 11.8 Å². The minimum Gasteiger partial charge on any atom is -0.462 e. The van der Waals surface area contributed by atoms with Crippen molar-refractivity contribution >= 4 is 35.2 Å². The van der Waals surface area contributed by atoms with Gasteiger partial charge in [0, 0.05) is 18.0 Å². The maximum Gasteiger partial charge on any atom is 0.340 e. The molecule has 182 valence electrons. The summed E-state index contributed by atoms with van der Waals surface area (Å²) < 4.78 is 5.34. The summed E-state index contributed by atoms with van der Waals surface area (Å²) in [6.07, 6.45) is 1.46. The lowest BCUT2D eigenvalue weighted by molar-refractivity contribution is -0.121. The van der Waals surface area contributed by atoms with Crippen LogP contribution in [-0.4, -0.2) is 35.8 Å². The number of imide groups is 1. The number of rotatable bonds is 7. The number of thioether (sulfide) groups is 1. The third kappa shape index (κ3) is 4.54. The Kier molecular flexibility index (Phi) is 6.91. The van der Waals surface area contributed by atoms with E-state index in [9.17, 15) is 14.4 Å². The first kappa shape index (κ1) is 23.9. The lowest BCUT2D eigenvalue weighted by atomic mass is 9.99. The van der Waals surface area contributed by atoms with Gasteiger partial charge in [0.2, 0.25) is 0 Å². The number of carbonyl (C=O) groups excluding carboxylic acids is 3. The lowest BCUT2D eigenvalue weighted by Gasteiger charge is -2.31. The van der Waals surface area contributed by atoms with Crippen molar-refractivity contribution in [1.29, 1.82) is 0 Å². The lowest BCUT2D eigenvalue weighted by Crippen LogP contribution is -2.38. The van der Waals surface area contributed by atoms with Crippen LogP contribution in [0.5, 0.6) is 0 Å². The van der Waals surface area contributed by atoms with Gasteiger partial charge >= 0.3 is 5.97 Å². The average Bonchev–Trinajstić information content (AvgIpc) is 3.16. The average molecular weight is 499 g/mol. The van der Waals surface area contributed by atoms with E-state index in [4.69, 9.17) is 4.74 Å². The first-order valence-electron chi connectivity index (χ1n) is 12.0. The van der Waals surface area contributed by atoms with Crippen LogP contribution >= 0.6 is 11.8 Å². The Morgan fingerprint density at radius 2 is 1.58 bits per heavy atom. The SMILES string of the molecule is CCCOC(=O)c1ccccc1N1C(=O)C(Sc2ccccc2)=C(N2CCc3ccccc3C2)C1=O. The van der Waals surface area contributed by atoms with Gasteiger partial charge in [-0.2, -0.15) is 0 Å². The van der Waals surface area contributed by atoms with Gasteiger partial charge in [-0.1, -0.05) is 73.3 Å². The Hall–Kier alpha value is -3.84. The van der Waals surface area contributed by atoms with Gasteiger partial charge in [-0.05, 0) is 48.2 Å². The van der Waals surface area contributed by atoms with Crippen molar-refractivity contribution in [2.24, 2.45) is 0 Å². The summed E-state index contributed by atoms with van der Waals surface area (Å²) in [4.78, 5) is 44.9. The van der Waals surface area contributed by atoms with Crippen molar-refractivity contribution in [1.82, 2.24) is 4.90 Å². The molecule has 0 radical (unpaired) electrons. The zero-order valence-corrected chi connectivity index (χ0v) is 20.8. The van der Waals surface area contributed by atoms with Gasteiger partial charge in [0.05, 0.1) is 17.9 Å². The number of anilines is 1. The third-order valence-electron chi connectivity index (χ3n) is 6.23. The monoisotopic (exact) mass is 498 g/mol. The maximum absolute atomic E-state index is 14.0. The summed E-state index contributed by atoms with van der Waals surface area (Å²) in [5.41, 5.74) is 3.21. The van der Waals surface area contributed by atoms with Crippen molar-refractivity contribution in [3.8, 4) is 0 Å². The Balaban J connectivity index is 1.55. The molecule has 0 N–H and O–H groups in total. The van der Waals surface area contributed by atoms with E-state index in [2.05, 4.69) is 12.1 Å². The van der Waals surface area contributed by atoms with Crippen molar-refractivity contribution in [2.75, 3.05) is 18.1 Å². The summed E-state index contributed by atoms with van der Waals surface area (Å²) >= 11 is 1.28. The largest absolute Gasteiger partial charge is 0.462 e. The molecule has 36 heavy (non-hydrogen) atoms. The van der Waals surface area contributed by atoms with E-state index in [-0.39, 0.29) is 17.9 Å². The number of hydrogen-bond acceptors (Lipinski definition) is 6. The number of para-hydroxylation sites is 1. The molecule has 0 fully saturated rings. The Labute approximate surface area is 214 Å². The molecule has 0 aromatic heterocycles. The van der Waals surface area contributed by atoms with E-state index >= 15 is 0 Å². The predicted molar refractivity (Wildman–Crippen MR) is 139 cm³/mol. The molecule has 5 rings (SSSR count). The Morgan fingerprint density at radius 3 is 2.36 bits per heavy atom. The topological polar surface area (TPSA) is 66.9 Å². The van der Waals surface area contributed by atoms with Gasteiger partial charge < -0.3 is 9.64 Å². The number of esters is 1. The van der Waals surface area contributed by atoms with E-state index in [0.717, 1.165) is 21.8 Å². The summed E-state index contributed by atoms with van der Waals surface area (Å²) in [6, 6.07) is 24.3. The van der Waals surface area contributed by atoms with E-state index in [1.54, 1.807) is 24.3 Å². The predicted octanol–water partition coefficient (Wildman–Crippen LogP) is 5.19. The normalized spacial score (nSPS) is 15.4. The fourth-order valence-corrected chi connectivity index (χ4v) is 5.52. The second-order valence-corrected chi connectivity index (χ2v) is 9.72. The highest BCUT2D eigenvalue weighted by Gasteiger charge is 2.44. The van der Waals surface area contributed by atoms with Crippen LogP contribution in [-0.2, 0) is 27.3 Å². The van der Waals surface area contributed by atoms with Crippen LogP contribution in [0, 0.1) is 0 Å². The number of ether oxygens (including phenoxy) is 1. The van der Waals surface area contributed by atoms with Gasteiger partial charge in [-0.25, -0.2) is 9.69 Å². The molecule has 6 nitrogen and oxygen atoms in total. The molecule has 0 saturated carbocycles. The van der Waals surface area contributed by atoms with E-state index in [1.165, 1.54) is 17.3 Å². The Morgan fingerprint density at radius 1 is 0.889 bits per heavy atom. The van der Waals surface area contributed by atoms with Crippen molar-refractivity contribution in [3.63, 3.8) is 0 Å². The zero-order valence-electron chi connectivity index (χ0n) is 20.0. The fraction of sp³-hybridized carbons (Fsp3) is 0.207. The molecule has 2 aliphatic rings. The number of fused-ring (bicyclic) bond motifs is 1. The minimum absolute atomic E-state index is 0.196. The zero-order chi connectivity index (χ0) is 25.1. The van der Waals surface area contributed by atoms with Crippen LogP contribution in [0.2, 0.25) is 0 Å². The van der Waals surface area contributed by atoms with Crippen molar-refractivity contribution in [2.45, 2.75) is 31.2 Å². The van der Waals surface area contributed by atoms with E-state index in [0.29, 0.717) is 30.1 Å². The van der Waals surface area contributed by atoms with E-state index in [1.807, 2.05) is 54.3 Å². The molecule has 0 unspecified atom stereocenters. The molecule has 0 aliphatic carbocycles. The summed E-state index contributed by atoms with van der Waals surface area (Å²) in [6.45, 7) is 3.34. The number of nitrogens with zero attached hydrogens (tertiary/aromatic N) is 2. The molecule has 0 atom stereocenters. The maximum atomic E-state index is 14.0. The smallest absolute Gasteiger partial charge is 0.340 e. The highest BCUT2D eigenvalue weighted by molar-refractivity contribution is 8.04. The third-order valence-corrected chi connectivity index (χ3v) is 7.31. The first-order chi connectivity index (χ1) is 17.6. The molecule has 0 saturated heterocycles. The van der Waals surface area contributed by atoms with Crippen LogP contribution in [0.1, 0.15) is 34.8 Å². The van der Waals surface area contributed by atoms with Crippen molar-refractivity contribution < 1.29 is 19.1 Å². The van der Waals surface area contributed by atoms with Crippen LogP contribution < -0.4 is 4.90 Å². The Bertz CT molecular complexity index is 1350. The molecular formula is C29H26N2O4S. The molecule has 7 heteroatoms. The van der Waals surface area contributed by atoms with Gasteiger partial charge in [-0.15, -0.1) is 0 Å². The molecule has 3 aromatic carbocycles. The fourth-order valence-electron chi connectivity index (χ4n) is 4.49. The molecule has 0 spiro atoms. The first-order valence-corrected chi connectivity index (χ1v) is 12.8. The second-order valence-electron chi connectivity index (χ2n) is 8.63. The molecule has 2 amide bonds. The second kappa shape index (κ2) is 10.4. The van der Waals surface area contributed by atoms with Crippen LogP contribution in [0.3, 0.4) is 0 Å². The number of amides is 2. The molecule has 3 aromatic rings. The summed E-state index contributed by atoms with van der Waals surface area (Å²) in [5, 5.41) is 0. The molecule has 2 aliphatic heterocycles. The standard InChI is InChI=1S/C29H26N2O4S/c1-2-18-35-29(34)23-14-8-9-15-24(23)31-27(32)25(26(28(31)33)36-22-12-4-3-5-13-22)30-17-16-20-10-6-7-11-21(20)19-30/h3-15H,2,16-19H2,1H3. The number of benzene rings is 3. The van der Waals surface area contributed by atoms with Crippen LogP contribution in [0.15, 0.2) is 94.4 Å². The molecule has 2 heterocycles. The number of carbonyl (C=O) groups is 3. The molecule has 0 bridgehead atoms. The highest BCUT2D eigenvalue weighted by Crippen LogP contribution is 2.40. The van der Waals surface area contributed by atoms with Crippen LogP contribution in [0.4, 0.5) is 5.69 Å². The van der Waals surface area contributed by atoms with Crippen LogP contribution in [0.25, 0.3) is 0 Å². The van der Waals surface area contributed by atoms with Gasteiger partial charge in [-0.3, -0.25) is 9.59 Å². The number of hydrogen-bond donors (Lipinski definition) is 0. The van der Waals surface area contributed by atoms with Gasteiger partial charge in [0.1, 0.15) is 10.6 Å². The minimum atomic E-state index is -0.550. The van der Waals surface area contributed by atoms with Gasteiger partial charge in [0.15, 0.2) is 0 Å². The molecular weight excluding hydrogens is 472 g/mol. The van der Waals surface area contributed by atoms with E-state index < -0.39 is 17.8 Å².